The Labute approximate surface area is 153 Å². The van der Waals surface area contributed by atoms with Gasteiger partial charge in [-0.3, -0.25) is 4.79 Å². The lowest BCUT2D eigenvalue weighted by Crippen LogP contribution is -2.36. The van der Waals surface area contributed by atoms with Crippen LogP contribution in [0, 0.1) is 5.92 Å². The van der Waals surface area contributed by atoms with Crippen LogP contribution in [-0.2, 0) is 23.7 Å². The number of hydrogen-bond acceptors (Lipinski definition) is 6. The van der Waals surface area contributed by atoms with Gasteiger partial charge in [0.1, 0.15) is 0 Å². The van der Waals surface area contributed by atoms with E-state index >= 15 is 0 Å². The molecule has 0 aliphatic heterocycles. The molecule has 7 nitrogen and oxygen atoms in total. The van der Waals surface area contributed by atoms with Crippen LogP contribution < -0.4 is 10.6 Å². The van der Waals surface area contributed by atoms with E-state index in [2.05, 4.69) is 31.4 Å². The molecule has 0 spiro atoms. The maximum Gasteiger partial charge on any atom is 0.234 e. The molecule has 0 aromatic rings. The molecule has 150 valence electrons. The Morgan fingerprint density at radius 2 is 1.36 bits per heavy atom. The Hall–Kier alpha value is -0.730. The molecule has 0 bridgehead atoms. The van der Waals surface area contributed by atoms with Gasteiger partial charge in [0, 0.05) is 13.2 Å². The highest BCUT2D eigenvalue weighted by atomic mass is 16.6. The van der Waals surface area contributed by atoms with Crippen molar-refractivity contribution in [1.82, 2.24) is 10.6 Å². The maximum atomic E-state index is 11.5. The first-order valence-electron chi connectivity index (χ1n) is 9.45. The van der Waals surface area contributed by atoms with Crippen LogP contribution in [0.3, 0.4) is 0 Å². The van der Waals surface area contributed by atoms with E-state index in [-0.39, 0.29) is 5.91 Å². The van der Waals surface area contributed by atoms with Crippen LogP contribution in [-0.4, -0.2) is 78.4 Å². The molecular formula is C18H38N2O5. The van der Waals surface area contributed by atoms with Crippen LogP contribution in [0.4, 0.5) is 0 Å². The number of carbonyl (C=O) groups is 1. The molecule has 0 heterocycles. The van der Waals surface area contributed by atoms with Crippen molar-refractivity contribution < 1.29 is 23.7 Å². The molecule has 0 rings (SSSR count). The van der Waals surface area contributed by atoms with Crippen molar-refractivity contribution in [1.29, 1.82) is 0 Å². The van der Waals surface area contributed by atoms with Crippen molar-refractivity contribution in [3.8, 4) is 0 Å². The standard InChI is InChI=1S/C18H38N2O5/c1-4-5-7-22-9-11-24-13-14-25-12-10-23-8-6-20-18(21)16-19-15-17(2)3/h17,19H,4-16H2,1-3H3,(H,20,21). The summed E-state index contributed by atoms with van der Waals surface area (Å²) in [6.45, 7) is 12.8. The van der Waals surface area contributed by atoms with Gasteiger partial charge in [0.25, 0.3) is 0 Å². The van der Waals surface area contributed by atoms with Gasteiger partial charge < -0.3 is 29.6 Å². The van der Waals surface area contributed by atoms with Crippen LogP contribution >= 0.6 is 0 Å². The maximum absolute atomic E-state index is 11.5. The summed E-state index contributed by atoms with van der Waals surface area (Å²) in [6, 6.07) is 0. The Morgan fingerprint density at radius 1 is 0.840 bits per heavy atom. The van der Waals surface area contributed by atoms with Gasteiger partial charge in [-0.25, -0.2) is 0 Å². The first-order valence-corrected chi connectivity index (χ1v) is 9.45. The van der Waals surface area contributed by atoms with Gasteiger partial charge in [0.2, 0.25) is 5.91 Å². The monoisotopic (exact) mass is 362 g/mol. The second-order valence-corrected chi connectivity index (χ2v) is 6.18. The number of rotatable bonds is 19. The van der Waals surface area contributed by atoms with Crippen molar-refractivity contribution in [3.05, 3.63) is 0 Å². The average molecular weight is 363 g/mol. The van der Waals surface area contributed by atoms with Gasteiger partial charge in [0.05, 0.1) is 52.8 Å². The second kappa shape index (κ2) is 19.6. The highest BCUT2D eigenvalue weighted by molar-refractivity contribution is 5.77. The smallest absolute Gasteiger partial charge is 0.234 e. The molecule has 0 radical (unpaired) electrons. The summed E-state index contributed by atoms with van der Waals surface area (Å²) in [5, 5.41) is 5.89. The normalized spacial score (nSPS) is 11.2. The Bertz CT molecular complexity index is 291. The minimum Gasteiger partial charge on any atom is -0.379 e. The van der Waals surface area contributed by atoms with Gasteiger partial charge in [-0.05, 0) is 18.9 Å². The third kappa shape index (κ3) is 21.2. The molecule has 0 aliphatic carbocycles. The van der Waals surface area contributed by atoms with Gasteiger partial charge >= 0.3 is 0 Å². The summed E-state index contributed by atoms with van der Waals surface area (Å²) < 4.78 is 21.6. The zero-order chi connectivity index (χ0) is 18.6. The average Bonchev–Trinajstić information content (AvgIpc) is 2.58. The van der Waals surface area contributed by atoms with Crippen molar-refractivity contribution >= 4 is 5.91 Å². The predicted octanol–water partition coefficient (Wildman–Crippen LogP) is 1.21. The van der Waals surface area contributed by atoms with Crippen molar-refractivity contribution in [2.24, 2.45) is 5.92 Å². The highest BCUT2D eigenvalue weighted by Crippen LogP contribution is 1.88. The van der Waals surface area contributed by atoms with Gasteiger partial charge in [0.15, 0.2) is 0 Å². The van der Waals surface area contributed by atoms with Crippen LogP contribution in [0.15, 0.2) is 0 Å². The van der Waals surface area contributed by atoms with Crippen LogP contribution in [0.25, 0.3) is 0 Å². The molecule has 7 heteroatoms. The van der Waals surface area contributed by atoms with Crippen LogP contribution in [0.1, 0.15) is 33.6 Å². The summed E-state index contributed by atoms with van der Waals surface area (Å²) in [6.07, 6.45) is 2.25. The molecule has 2 N–H and O–H groups in total. The van der Waals surface area contributed by atoms with Crippen LogP contribution in [0.2, 0.25) is 0 Å². The third-order valence-corrected chi connectivity index (χ3v) is 3.16. The number of unbranched alkanes of at least 4 members (excludes halogenated alkanes) is 1. The van der Waals surface area contributed by atoms with Crippen molar-refractivity contribution in [3.63, 3.8) is 0 Å². The molecular weight excluding hydrogens is 324 g/mol. The molecule has 0 unspecified atom stereocenters. The van der Waals surface area contributed by atoms with E-state index in [9.17, 15) is 4.79 Å². The van der Waals surface area contributed by atoms with Crippen molar-refractivity contribution in [2.45, 2.75) is 33.6 Å². The number of nitrogens with one attached hydrogen (secondary N) is 2. The van der Waals surface area contributed by atoms with E-state index < -0.39 is 0 Å². The van der Waals surface area contributed by atoms with Gasteiger partial charge in [-0.15, -0.1) is 0 Å². The lowest BCUT2D eigenvalue weighted by molar-refractivity contribution is -0.120. The quantitative estimate of drug-likeness (QED) is 0.336. The van der Waals surface area contributed by atoms with Gasteiger partial charge in [-0.2, -0.15) is 0 Å². The first-order chi connectivity index (χ1) is 12.2. The number of carbonyl (C=O) groups excluding carboxylic acids is 1. The SMILES string of the molecule is CCCCOCCOCCOCCOCCNC(=O)CNCC(C)C. The molecule has 0 atom stereocenters. The Morgan fingerprint density at radius 3 is 1.88 bits per heavy atom. The summed E-state index contributed by atoms with van der Waals surface area (Å²) in [5.74, 6) is 0.539. The molecule has 0 saturated heterocycles. The number of hydrogen-bond donors (Lipinski definition) is 2. The largest absolute Gasteiger partial charge is 0.379 e. The molecule has 1 amide bonds. The summed E-state index contributed by atoms with van der Waals surface area (Å²) in [5.41, 5.74) is 0. The van der Waals surface area contributed by atoms with E-state index in [0.717, 1.165) is 26.0 Å². The molecule has 0 aromatic heterocycles. The summed E-state index contributed by atoms with van der Waals surface area (Å²) >= 11 is 0. The van der Waals surface area contributed by atoms with Crippen molar-refractivity contribution in [2.75, 3.05) is 72.5 Å². The van der Waals surface area contributed by atoms with E-state index in [0.29, 0.717) is 65.3 Å². The Kier molecular flexibility index (Phi) is 19.0. The minimum absolute atomic E-state index is 0.00341. The lowest BCUT2D eigenvalue weighted by atomic mass is 10.2. The molecule has 25 heavy (non-hydrogen) atoms. The fourth-order valence-electron chi connectivity index (χ4n) is 1.81. The molecule has 0 fully saturated rings. The summed E-state index contributed by atoms with van der Waals surface area (Å²) in [4.78, 5) is 11.5. The molecule has 0 aromatic carbocycles. The van der Waals surface area contributed by atoms with E-state index in [1.54, 1.807) is 0 Å². The zero-order valence-corrected chi connectivity index (χ0v) is 16.3. The highest BCUT2D eigenvalue weighted by Gasteiger charge is 2.00. The first kappa shape index (κ1) is 24.3. The number of ether oxygens (including phenoxy) is 4. The van der Waals surface area contributed by atoms with Gasteiger partial charge in [-0.1, -0.05) is 27.2 Å². The van der Waals surface area contributed by atoms with E-state index in [1.165, 1.54) is 0 Å². The fourth-order valence-corrected chi connectivity index (χ4v) is 1.81. The number of amides is 1. The Balaban J connectivity index is 3.10. The molecule has 0 saturated carbocycles. The second-order valence-electron chi connectivity index (χ2n) is 6.18. The fraction of sp³-hybridized carbons (Fsp3) is 0.944. The van der Waals surface area contributed by atoms with E-state index in [4.69, 9.17) is 18.9 Å². The van der Waals surface area contributed by atoms with E-state index in [1.807, 2.05) is 0 Å². The topological polar surface area (TPSA) is 78.1 Å². The molecule has 0 aliphatic rings. The third-order valence-electron chi connectivity index (χ3n) is 3.16. The zero-order valence-electron chi connectivity index (χ0n) is 16.3. The van der Waals surface area contributed by atoms with Crippen LogP contribution in [0.5, 0.6) is 0 Å². The predicted molar refractivity (Wildman–Crippen MR) is 98.9 cm³/mol. The lowest BCUT2D eigenvalue weighted by Gasteiger charge is -2.09. The summed E-state index contributed by atoms with van der Waals surface area (Å²) in [7, 11) is 0. The minimum atomic E-state index is -0.00341.